The second-order valence-electron chi connectivity index (χ2n) is 7.44. The number of benzene rings is 1. The lowest BCUT2D eigenvalue weighted by Gasteiger charge is -2.10. The highest BCUT2D eigenvalue weighted by Gasteiger charge is 2.18. The smallest absolute Gasteiger partial charge is 0.256 e. The number of nitrogens with one attached hydrogen (secondary N) is 2. The fraction of sp³-hybridized carbons (Fsp3) is 0.217. The van der Waals surface area contributed by atoms with Crippen molar-refractivity contribution in [1.82, 2.24) is 19.7 Å². The van der Waals surface area contributed by atoms with E-state index in [1.807, 2.05) is 56.5 Å². The van der Waals surface area contributed by atoms with Crippen LogP contribution >= 0.6 is 11.3 Å². The number of hydrogen-bond acceptors (Lipinski definition) is 5. The summed E-state index contributed by atoms with van der Waals surface area (Å²) in [6, 6.07) is 11.4. The molecule has 0 aliphatic carbocycles. The van der Waals surface area contributed by atoms with E-state index in [4.69, 9.17) is 0 Å². The fourth-order valence-corrected chi connectivity index (χ4v) is 4.26. The number of nitrogens with zero attached hydrogens (tertiary/aromatic N) is 3. The summed E-state index contributed by atoms with van der Waals surface area (Å²) in [5.74, 6) is 0.438. The molecular formula is C23H23N5O2S. The molecule has 1 aromatic carbocycles. The van der Waals surface area contributed by atoms with Gasteiger partial charge >= 0.3 is 0 Å². The maximum absolute atomic E-state index is 13.0. The van der Waals surface area contributed by atoms with Crippen LogP contribution in [0.2, 0.25) is 0 Å². The SMILES string of the molecule is CCc1c(C)nc(-n2nc(-c3cccs3)cc2NC(=O)c2cc(C)cc(C)c2)[nH]c1=O. The number of thiophene rings is 1. The third-order valence-electron chi connectivity index (χ3n) is 4.97. The first-order valence-electron chi connectivity index (χ1n) is 9.99. The minimum atomic E-state index is -0.255. The van der Waals surface area contributed by atoms with Crippen LogP contribution in [0, 0.1) is 20.8 Å². The van der Waals surface area contributed by atoms with Crippen LogP contribution in [0.5, 0.6) is 0 Å². The molecule has 0 aliphatic rings. The minimum absolute atomic E-state index is 0.204. The molecule has 0 radical (unpaired) electrons. The second kappa shape index (κ2) is 8.31. The van der Waals surface area contributed by atoms with Gasteiger partial charge in [0.15, 0.2) is 0 Å². The number of carbonyl (C=O) groups is 1. The Morgan fingerprint density at radius 1 is 1.16 bits per heavy atom. The molecule has 7 nitrogen and oxygen atoms in total. The van der Waals surface area contributed by atoms with Gasteiger partial charge in [0.25, 0.3) is 11.5 Å². The van der Waals surface area contributed by atoms with Gasteiger partial charge in [-0.25, -0.2) is 4.98 Å². The summed E-state index contributed by atoms with van der Waals surface area (Å²) in [5, 5.41) is 9.52. The molecule has 2 N–H and O–H groups in total. The maximum atomic E-state index is 13.0. The highest BCUT2D eigenvalue weighted by atomic mass is 32.1. The van der Waals surface area contributed by atoms with Gasteiger partial charge in [0.2, 0.25) is 5.95 Å². The van der Waals surface area contributed by atoms with Crippen LogP contribution in [-0.2, 0) is 6.42 Å². The molecule has 4 rings (SSSR count). The van der Waals surface area contributed by atoms with Gasteiger partial charge < -0.3 is 5.32 Å². The molecule has 4 aromatic rings. The van der Waals surface area contributed by atoms with E-state index in [9.17, 15) is 9.59 Å². The molecule has 0 saturated carbocycles. The first kappa shape index (κ1) is 20.7. The number of rotatable bonds is 5. The van der Waals surface area contributed by atoms with E-state index in [1.54, 1.807) is 24.3 Å². The van der Waals surface area contributed by atoms with E-state index in [-0.39, 0.29) is 17.4 Å². The Labute approximate surface area is 183 Å². The van der Waals surface area contributed by atoms with E-state index in [2.05, 4.69) is 20.4 Å². The van der Waals surface area contributed by atoms with Crippen LogP contribution in [0.3, 0.4) is 0 Å². The second-order valence-corrected chi connectivity index (χ2v) is 8.39. The van der Waals surface area contributed by atoms with Crippen LogP contribution < -0.4 is 10.9 Å². The summed E-state index contributed by atoms with van der Waals surface area (Å²) < 4.78 is 1.48. The number of H-pyrrole nitrogens is 1. The van der Waals surface area contributed by atoms with Gasteiger partial charge in [-0.3, -0.25) is 14.6 Å². The standard InChI is InChI=1S/C23H23N5O2S/c1-5-17-15(4)24-23(26-22(17)30)28-20(12-18(27-28)19-7-6-8-31-19)25-21(29)16-10-13(2)9-14(3)11-16/h6-12H,5H2,1-4H3,(H,25,29)(H,24,26,30). The monoisotopic (exact) mass is 433 g/mol. The Morgan fingerprint density at radius 3 is 2.52 bits per heavy atom. The molecule has 1 amide bonds. The van der Waals surface area contributed by atoms with Crippen LogP contribution in [0.15, 0.2) is 46.6 Å². The number of hydrogen-bond donors (Lipinski definition) is 2. The van der Waals surface area contributed by atoms with Gasteiger partial charge in [-0.2, -0.15) is 9.78 Å². The van der Waals surface area contributed by atoms with E-state index in [0.717, 1.165) is 16.0 Å². The average molecular weight is 434 g/mol. The van der Waals surface area contributed by atoms with Gasteiger partial charge in [0, 0.05) is 22.9 Å². The molecule has 3 heterocycles. The Hall–Kier alpha value is -3.52. The number of aryl methyl sites for hydroxylation is 3. The van der Waals surface area contributed by atoms with Gasteiger partial charge in [-0.15, -0.1) is 11.3 Å². The number of anilines is 1. The maximum Gasteiger partial charge on any atom is 0.256 e. The molecule has 0 fully saturated rings. The first-order valence-corrected chi connectivity index (χ1v) is 10.9. The topological polar surface area (TPSA) is 92.7 Å². The van der Waals surface area contributed by atoms with Gasteiger partial charge in [0.1, 0.15) is 11.5 Å². The first-order chi connectivity index (χ1) is 14.9. The lowest BCUT2D eigenvalue weighted by molar-refractivity contribution is 0.102. The summed E-state index contributed by atoms with van der Waals surface area (Å²) in [7, 11) is 0. The summed E-state index contributed by atoms with van der Waals surface area (Å²) in [6.07, 6.45) is 0.588. The molecule has 0 atom stereocenters. The van der Waals surface area contributed by atoms with Crippen LogP contribution in [0.4, 0.5) is 5.82 Å². The van der Waals surface area contributed by atoms with Crippen molar-refractivity contribution in [3.8, 4) is 16.5 Å². The minimum Gasteiger partial charge on any atom is -0.306 e. The average Bonchev–Trinajstić information content (AvgIpc) is 3.36. The molecule has 0 spiro atoms. The molecule has 31 heavy (non-hydrogen) atoms. The Kier molecular flexibility index (Phi) is 5.56. The van der Waals surface area contributed by atoms with Crippen molar-refractivity contribution in [3.63, 3.8) is 0 Å². The van der Waals surface area contributed by atoms with Crippen LogP contribution in [0.1, 0.15) is 39.7 Å². The van der Waals surface area contributed by atoms with Crippen molar-refractivity contribution in [2.24, 2.45) is 0 Å². The predicted molar refractivity (Wildman–Crippen MR) is 123 cm³/mol. The third-order valence-corrected chi connectivity index (χ3v) is 5.86. The van der Waals surface area contributed by atoms with Crippen molar-refractivity contribution in [3.05, 3.63) is 80.1 Å². The van der Waals surface area contributed by atoms with Crippen molar-refractivity contribution >= 4 is 23.1 Å². The molecular weight excluding hydrogens is 410 g/mol. The highest BCUT2D eigenvalue weighted by Crippen LogP contribution is 2.27. The van der Waals surface area contributed by atoms with Crippen LogP contribution in [-0.4, -0.2) is 25.7 Å². The Balaban J connectivity index is 1.80. The molecule has 3 aromatic heterocycles. The summed E-state index contributed by atoms with van der Waals surface area (Å²) in [5.41, 5.74) is 4.33. The van der Waals surface area contributed by atoms with Gasteiger partial charge in [0.05, 0.1) is 4.88 Å². The molecule has 0 saturated heterocycles. The van der Waals surface area contributed by atoms with Gasteiger partial charge in [-0.05, 0) is 50.8 Å². The zero-order valence-electron chi connectivity index (χ0n) is 17.8. The zero-order chi connectivity index (χ0) is 22.1. The molecule has 0 unspecified atom stereocenters. The third kappa shape index (κ3) is 4.20. The quantitative estimate of drug-likeness (QED) is 0.487. The number of carbonyl (C=O) groups excluding carboxylic acids is 1. The fourth-order valence-electron chi connectivity index (χ4n) is 3.58. The summed E-state index contributed by atoms with van der Waals surface area (Å²) >= 11 is 1.54. The lowest BCUT2D eigenvalue weighted by Crippen LogP contribution is -2.22. The van der Waals surface area contributed by atoms with E-state index >= 15 is 0 Å². The van der Waals surface area contributed by atoms with E-state index < -0.39 is 0 Å². The number of aromatic nitrogens is 4. The zero-order valence-corrected chi connectivity index (χ0v) is 18.6. The van der Waals surface area contributed by atoms with Crippen LogP contribution in [0.25, 0.3) is 16.5 Å². The van der Waals surface area contributed by atoms with Crippen molar-refractivity contribution in [1.29, 1.82) is 0 Å². The van der Waals surface area contributed by atoms with E-state index in [1.165, 1.54) is 4.68 Å². The number of aromatic amines is 1. The van der Waals surface area contributed by atoms with Crippen molar-refractivity contribution < 1.29 is 4.79 Å². The molecule has 0 aliphatic heterocycles. The van der Waals surface area contributed by atoms with Crippen molar-refractivity contribution in [2.45, 2.75) is 34.1 Å². The molecule has 158 valence electrons. The number of amides is 1. The highest BCUT2D eigenvalue weighted by molar-refractivity contribution is 7.13. The van der Waals surface area contributed by atoms with Gasteiger partial charge in [-0.1, -0.05) is 30.2 Å². The summed E-state index contributed by atoms with van der Waals surface area (Å²) in [4.78, 5) is 33.8. The summed E-state index contributed by atoms with van der Waals surface area (Å²) in [6.45, 7) is 7.62. The Bertz CT molecular complexity index is 1300. The normalized spacial score (nSPS) is 11.0. The Morgan fingerprint density at radius 2 is 1.90 bits per heavy atom. The largest absolute Gasteiger partial charge is 0.306 e. The molecule has 8 heteroatoms. The van der Waals surface area contributed by atoms with Crippen molar-refractivity contribution in [2.75, 3.05) is 5.32 Å². The predicted octanol–water partition coefficient (Wildman–Crippen LogP) is 4.42. The van der Waals surface area contributed by atoms with E-state index in [0.29, 0.717) is 34.8 Å². The molecule has 0 bridgehead atoms. The lowest BCUT2D eigenvalue weighted by atomic mass is 10.1.